The highest BCUT2D eigenvalue weighted by atomic mass is 35.5. The number of amides is 1. The van der Waals surface area contributed by atoms with Gasteiger partial charge in [-0.3, -0.25) is 4.79 Å². The smallest absolute Gasteiger partial charge is 0.254 e. The maximum absolute atomic E-state index is 12.7. The third kappa shape index (κ3) is 5.18. The monoisotopic (exact) mass is 444 g/mol. The Morgan fingerprint density at radius 3 is 2.40 bits per heavy atom. The van der Waals surface area contributed by atoms with Gasteiger partial charge in [0.15, 0.2) is 0 Å². The van der Waals surface area contributed by atoms with E-state index in [0.29, 0.717) is 22.1 Å². The zero-order valence-electron chi connectivity index (χ0n) is 16.3. The lowest BCUT2D eigenvalue weighted by Gasteiger charge is -2.16. The van der Waals surface area contributed by atoms with Crippen molar-refractivity contribution in [3.63, 3.8) is 0 Å². The van der Waals surface area contributed by atoms with Gasteiger partial charge in [-0.25, -0.2) is 13.1 Å². The number of rotatable bonds is 8. The molecule has 156 valence electrons. The van der Waals surface area contributed by atoms with E-state index < -0.39 is 10.0 Å². The molecule has 0 spiro atoms. The Morgan fingerprint density at radius 1 is 1.10 bits per heavy atom. The van der Waals surface area contributed by atoms with Crippen LogP contribution in [0.3, 0.4) is 0 Å². The van der Waals surface area contributed by atoms with Crippen LogP contribution in [0.25, 0.3) is 11.3 Å². The molecule has 3 rings (SSSR count). The summed E-state index contributed by atoms with van der Waals surface area (Å²) in [6, 6.07) is 16.7. The van der Waals surface area contributed by atoms with Crippen LogP contribution in [-0.2, 0) is 16.6 Å². The molecule has 6 nitrogen and oxygen atoms in total. The summed E-state index contributed by atoms with van der Waals surface area (Å²) in [5.74, 6) is 1.06. The number of furan rings is 1. The summed E-state index contributed by atoms with van der Waals surface area (Å²) in [7, 11) is -1.97. The quantitative estimate of drug-likeness (QED) is 0.524. The molecule has 0 aliphatic rings. The topological polar surface area (TPSA) is 79.6 Å². The number of halogens is 1. The number of hydrogen-bond donors (Lipinski definition) is 1. The summed E-state index contributed by atoms with van der Waals surface area (Å²) < 4.78 is 32.4. The Bertz CT molecular complexity index is 1140. The van der Waals surface area contributed by atoms with Crippen LogP contribution < -0.4 is 4.72 Å². The molecule has 8 heteroatoms. The van der Waals surface area contributed by atoms with Crippen molar-refractivity contribution in [3.05, 3.63) is 89.7 Å². The summed E-state index contributed by atoms with van der Waals surface area (Å²) >= 11 is 5.91. The summed E-state index contributed by atoms with van der Waals surface area (Å²) in [6.45, 7) is 3.88. The summed E-state index contributed by atoms with van der Waals surface area (Å²) in [5, 5.41) is 0.645. The van der Waals surface area contributed by atoms with Gasteiger partial charge >= 0.3 is 0 Å². The van der Waals surface area contributed by atoms with Gasteiger partial charge in [0.1, 0.15) is 11.5 Å². The number of sulfonamides is 1. The number of carbonyl (C=O) groups is 1. The number of carbonyl (C=O) groups excluding carboxylic acids is 1. The first-order chi connectivity index (χ1) is 14.3. The van der Waals surface area contributed by atoms with E-state index in [9.17, 15) is 13.2 Å². The fourth-order valence-electron chi connectivity index (χ4n) is 2.79. The van der Waals surface area contributed by atoms with Gasteiger partial charge < -0.3 is 9.32 Å². The van der Waals surface area contributed by atoms with Crippen molar-refractivity contribution in [3.8, 4) is 11.3 Å². The van der Waals surface area contributed by atoms with Crippen LogP contribution in [0.1, 0.15) is 16.1 Å². The fraction of sp³-hybridized carbons (Fsp3) is 0.136. The van der Waals surface area contributed by atoms with Crippen LogP contribution in [0.2, 0.25) is 5.02 Å². The first-order valence-corrected chi connectivity index (χ1v) is 11.0. The predicted octanol–water partition coefficient (Wildman–Crippen LogP) is 4.34. The maximum atomic E-state index is 12.7. The SMILES string of the molecule is C=CCNS(=O)(=O)c1ccc(C(=O)N(C)Cc2ccc(-c3ccc(Cl)cc3)o2)cc1. The molecule has 0 saturated heterocycles. The normalized spacial score (nSPS) is 11.3. The van der Waals surface area contributed by atoms with E-state index in [0.717, 1.165) is 5.56 Å². The number of benzene rings is 2. The molecule has 2 aromatic carbocycles. The van der Waals surface area contributed by atoms with E-state index in [-0.39, 0.29) is 23.9 Å². The Morgan fingerprint density at radius 2 is 1.77 bits per heavy atom. The van der Waals surface area contributed by atoms with E-state index >= 15 is 0 Å². The van der Waals surface area contributed by atoms with Crippen LogP contribution in [-0.4, -0.2) is 32.8 Å². The van der Waals surface area contributed by atoms with E-state index in [1.54, 1.807) is 19.2 Å². The lowest BCUT2D eigenvalue weighted by molar-refractivity contribution is 0.0775. The van der Waals surface area contributed by atoms with Crippen molar-refractivity contribution in [1.82, 2.24) is 9.62 Å². The first kappa shape index (κ1) is 21.8. The zero-order valence-corrected chi connectivity index (χ0v) is 17.9. The van der Waals surface area contributed by atoms with Crippen LogP contribution in [0.15, 0.2) is 82.6 Å². The number of nitrogens with zero attached hydrogens (tertiary/aromatic N) is 1. The fourth-order valence-corrected chi connectivity index (χ4v) is 3.91. The minimum Gasteiger partial charge on any atom is -0.459 e. The largest absolute Gasteiger partial charge is 0.459 e. The van der Waals surface area contributed by atoms with Gasteiger partial charge in [0.25, 0.3) is 5.91 Å². The zero-order chi connectivity index (χ0) is 21.7. The molecule has 0 aliphatic carbocycles. The van der Waals surface area contributed by atoms with E-state index in [4.69, 9.17) is 16.0 Å². The maximum Gasteiger partial charge on any atom is 0.254 e. The van der Waals surface area contributed by atoms with E-state index in [1.807, 2.05) is 24.3 Å². The average molecular weight is 445 g/mol. The van der Waals surface area contributed by atoms with Crippen molar-refractivity contribution in [1.29, 1.82) is 0 Å². The van der Waals surface area contributed by atoms with Crippen LogP contribution in [0.5, 0.6) is 0 Å². The highest BCUT2D eigenvalue weighted by Crippen LogP contribution is 2.24. The Balaban J connectivity index is 1.67. The second-order valence-corrected chi connectivity index (χ2v) is 8.80. The Kier molecular flexibility index (Phi) is 6.77. The molecular weight excluding hydrogens is 424 g/mol. The molecule has 0 saturated carbocycles. The molecule has 3 aromatic rings. The van der Waals surface area contributed by atoms with Crippen molar-refractivity contribution >= 4 is 27.5 Å². The van der Waals surface area contributed by atoms with Crippen molar-refractivity contribution in [2.75, 3.05) is 13.6 Å². The molecule has 0 fully saturated rings. The van der Waals surface area contributed by atoms with Gasteiger partial charge in [-0.05, 0) is 60.7 Å². The third-order valence-electron chi connectivity index (χ3n) is 4.36. The lowest BCUT2D eigenvalue weighted by atomic mass is 10.2. The molecule has 0 radical (unpaired) electrons. The van der Waals surface area contributed by atoms with Crippen LogP contribution in [0, 0.1) is 0 Å². The molecule has 1 aromatic heterocycles. The molecule has 1 N–H and O–H groups in total. The lowest BCUT2D eigenvalue weighted by Crippen LogP contribution is -2.26. The predicted molar refractivity (Wildman–Crippen MR) is 117 cm³/mol. The minimum atomic E-state index is -3.63. The highest BCUT2D eigenvalue weighted by Gasteiger charge is 2.17. The molecule has 0 bridgehead atoms. The summed E-state index contributed by atoms with van der Waals surface area (Å²) in [5.41, 5.74) is 1.27. The second-order valence-electron chi connectivity index (χ2n) is 6.60. The number of hydrogen-bond acceptors (Lipinski definition) is 4. The van der Waals surface area contributed by atoms with Crippen molar-refractivity contribution in [2.45, 2.75) is 11.4 Å². The molecule has 30 heavy (non-hydrogen) atoms. The first-order valence-electron chi connectivity index (χ1n) is 9.11. The third-order valence-corrected chi connectivity index (χ3v) is 6.05. The molecular formula is C22H21ClN2O4S. The van der Waals surface area contributed by atoms with Gasteiger partial charge in [-0.1, -0.05) is 17.7 Å². The van der Waals surface area contributed by atoms with Crippen LogP contribution in [0.4, 0.5) is 0 Å². The van der Waals surface area contributed by atoms with E-state index in [2.05, 4.69) is 11.3 Å². The number of nitrogens with one attached hydrogen (secondary N) is 1. The van der Waals surface area contributed by atoms with Gasteiger partial charge in [0, 0.05) is 29.7 Å². The van der Waals surface area contributed by atoms with Gasteiger partial charge in [0.2, 0.25) is 10.0 Å². The van der Waals surface area contributed by atoms with Crippen LogP contribution >= 0.6 is 11.6 Å². The Labute approximate surface area is 180 Å². The molecule has 0 unspecified atom stereocenters. The summed E-state index contributed by atoms with van der Waals surface area (Å²) in [6.07, 6.45) is 1.46. The molecule has 0 atom stereocenters. The average Bonchev–Trinajstić information content (AvgIpc) is 3.20. The summed E-state index contributed by atoms with van der Waals surface area (Å²) in [4.78, 5) is 14.3. The Hall–Kier alpha value is -2.87. The van der Waals surface area contributed by atoms with E-state index in [1.165, 1.54) is 35.2 Å². The minimum absolute atomic E-state index is 0.0854. The highest BCUT2D eigenvalue weighted by molar-refractivity contribution is 7.89. The molecule has 0 aliphatic heterocycles. The van der Waals surface area contributed by atoms with Gasteiger partial charge in [0.05, 0.1) is 11.4 Å². The molecule has 1 amide bonds. The standard InChI is InChI=1S/C22H21ClN2O4S/c1-3-14-24-30(27,28)20-11-6-17(7-12-20)22(26)25(2)15-19-10-13-21(29-19)16-4-8-18(23)9-5-16/h3-13,24H,1,14-15H2,2H3. The van der Waals surface area contributed by atoms with Crippen molar-refractivity contribution < 1.29 is 17.6 Å². The van der Waals surface area contributed by atoms with Crippen molar-refractivity contribution in [2.24, 2.45) is 0 Å². The van der Waals surface area contributed by atoms with Gasteiger partial charge in [-0.2, -0.15) is 0 Å². The van der Waals surface area contributed by atoms with Gasteiger partial charge in [-0.15, -0.1) is 6.58 Å². The molecule has 1 heterocycles. The second kappa shape index (κ2) is 9.30.